The van der Waals surface area contributed by atoms with Gasteiger partial charge in [0.1, 0.15) is 12.4 Å². The first-order chi connectivity index (χ1) is 13.8. The number of hydrogen-bond acceptors (Lipinski definition) is 1. The lowest BCUT2D eigenvalue weighted by molar-refractivity contribution is 0.306. The summed E-state index contributed by atoms with van der Waals surface area (Å²) < 4.78 is 5.89. The maximum Gasteiger partial charge on any atom is 0.119 e. The highest BCUT2D eigenvalue weighted by Crippen LogP contribution is 2.32. The van der Waals surface area contributed by atoms with E-state index >= 15 is 0 Å². The van der Waals surface area contributed by atoms with Crippen LogP contribution in [0.1, 0.15) is 43.7 Å². The molecule has 3 aromatic carbocycles. The summed E-state index contributed by atoms with van der Waals surface area (Å²) in [6, 6.07) is 27.7. The summed E-state index contributed by atoms with van der Waals surface area (Å²) in [5.41, 5.74) is 6.55. The van der Waals surface area contributed by atoms with Gasteiger partial charge in [-0.05, 0) is 65.1 Å². The SMILES string of the molecule is CCC1CC=C(c2ccc(-c3ccc(OCc4ccccc4)cc3)cc2)CC1. The normalized spacial score (nSPS) is 16.5. The summed E-state index contributed by atoms with van der Waals surface area (Å²) in [4.78, 5) is 0. The van der Waals surface area contributed by atoms with Crippen molar-refractivity contribution in [3.8, 4) is 16.9 Å². The summed E-state index contributed by atoms with van der Waals surface area (Å²) in [5.74, 6) is 1.78. The Bertz CT molecular complexity index is 905. The zero-order valence-electron chi connectivity index (χ0n) is 16.6. The van der Waals surface area contributed by atoms with Crippen molar-refractivity contribution < 1.29 is 4.74 Å². The molecule has 0 N–H and O–H groups in total. The third-order valence-electron chi connectivity index (χ3n) is 5.79. The molecule has 0 bridgehead atoms. The Morgan fingerprint density at radius 1 is 0.786 bits per heavy atom. The van der Waals surface area contributed by atoms with Crippen LogP contribution in [0.2, 0.25) is 0 Å². The molecule has 3 aromatic rings. The first-order valence-electron chi connectivity index (χ1n) is 10.4. The molecule has 1 unspecified atom stereocenters. The van der Waals surface area contributed by atoms with Crippen molar-refractivity contribution in [2.45, 2.75) is 39.2 Å². The molecule has 1 nitrogen and oxygen atoms in total. The molecule has 28 heavy (non-hydrogen) atoms. The van der Waals surface area contributed by atoms with Crippen LogP contribution in [0.15, 0.2) is 84.9 Å². The maximum absolute atomic E-state index is 5.89. The lowest BCUT2D eigenvalue weighted by Gasteiger charge is -2.20. The molecule has 0 saturated carbocycles. The van der Waals surface area contributed by atoms with E-state index in [1.165, 1.54) is 53.5 Å². The lowest BCUT2D eigenvalue weighted by atomic mass is 9.85. The Balaban J connectivity index is 1.40. The van der Waals surface area contributed by atoms with E-state index in [9.17, 15) is 0 Å². The van der Waals surface area contributed by atoms with Gasteiger partial charge in [0.2, 0.25) is 0 Å². The molecule has 0 aromatic heterocycles. The second-order valence-corrected chi connectivity index (χ2v) is 7.65. The molecule has 142 valence electrons. The van der Waals surface area contributed by atoms with Crippen LogP contribution in [0.25, 0.3) is 16.7 Å². The van der Waals surface area contributed by atoms with Gasteiger partial charge in [0, 0.05) is 0 Å². The van der Waals surface area contributed by atoms with Crippen molar-refractivity contribution in [1.29, 1.82) is 0 Å². The van der Waals surface area contributed by atoms with Crippen molar-refractivity contribution in [3.63, 3.8) is 0 Å². The molecule has 0 radical (unpaired) electrons. The van der Waals surface area contributed by atoms with Crippen molar-refractivity contribution in [2.75, 3.05) is 0 Å². The number of benzene rings is 3. The van der Waals surface area contributed by atoms with Gasteiger partial charge in [0.15, 0.2) is 0 Å². The van der Waals surface area contributed by atoms with E-state index in [1.807, 2.05) is 18.2 Å². The van der Waals surface area contributed by atoms with E-state index in [-0.39, 0.29) is 0 Å². The summed E-state index contributed by atoms with van der Waals surface area (Å²) in [7, 11) is 0. The van der Waals surface area contributed by atoms with Gasteiger partial charge in [-0.1, -0.05) is 86.2 Å². The average molecular weight is 369 g/mol. The molecule has 0 spiro atoms. The largest absolute Gasteiger partial charge is 0.489 e. The van der Waals surface area contributed by atoms with Crippen LogP contribution >= 0.6 is 0 Å². The van der Waals surface area contributed by atoms with Gasteiger partial charge in [0.05, 0.1) is 0 Å². The van der Waals surface area contributed by atoms with Crippen molar-refractivity contribution >= 4 is 5.57 Å². The van der Waals surface area contributed by atoms with Gasteiger partial charge < -0.3 is 4.74 Å². The molecule has 4 rings (SSSR count). The lowest BCUT2D eigenvalue weighted by Crippen LogP contribution is -2.03. The van der Waals surface area contributed by atoms with Gasteiger partial charge in [-0.15, -0.1) is 0 Å². The van der Waals surface area contributed by atoms with E-state index in [2.05, 4.69) is 73.7 Å². The molecule has 0 aliphatic heterocycles. The van der Waals surface area contributed by atoms with Crippen molar-refractivity contribution in [1.82, 2.24) is 0 Å². The molecule has 0 amide bonds. The zero-order chi connectivity index (χ0) is 19.2. The number of ether oxygens (including phenoxy) is 1. The van der Waals surface area contributed by atoms with Crippen molar-refractivity contribution in [2.24, 2.45) is 5.92 Å². The smallest absolute Gasteiger partial charge is 0.119 e. The second kappa shape index (κ2) is 8.93. The summed E-state index contributed by atoms with van der Waals surface area (Å²) in [6.45, 7) is 2.90. The Morgan fingerprint density at radius 2 is 1.43 bits per heavy atom. The molecular weight excluding hydrogens is 340 g/mol. The summed E-state index contributed by atoms with van der Waals surface area (Å²) in [5, 5.41) is 0. The Morgan fingerprint density at radius 3 is 2.04 bits per heavy atom. The summed E-state index contributed by atoms with van der Waals surface area (Å²) >= 11 is 0. The fraction of sp³-hybridized carbons (Fsp3) is 0.259. The number of hydrogen-bond donors (Lipinski definition) is 0. The van der Waals surface area contributed by atoms with Gasteiger partial charge >= 0.3 is 0 Å². The minimum Gasteiger partial charge on any atom is -0.489 e. The average Bonchev–Trinajstić information content (AvgIpc) is 2.79. The molecular formula is C27H28O. The number of rotatable bonds is 6. The highest BCUT2D eigenvalue weighted by molar-refractivity contribution is 5.71. The van der Waals surface area contributed by atoms with Crippen LogP contribution in [-0.4, -0.2) is 0 Å². The maximum atomic E-state index is 5.89. The van der Waals surface area contributed by atoms with E-state index in [0.29, 0.717) is 6.61 Å². The number of allylic oxidation sites excluding steroid dienone is 2. The molecule has 1 aliphatic rings. The Hall–Kier alpha value is -2.80. The predicted molar refractivity (Wildman–Crippen MR) is 118 cm³/mol. The van der Waals surface area contributed by atoms with Crippen LogP contribution in [-0.2, 0) is 6.61 Å². The Labute approximate surface area is 168 Å². The third-order valence-corrected chi connectivity index (χ3v) is 5.79. The van der Waals surface area contributed by atoms with Gasteiger partial charge in [-0.25, -0.2) is 0 Å². The van der Waals surface area contributed by atoms with Gasteiger partial charge in [0.25, 0.3) is 0 Å². The topological polar surface area (TPSA) is 9.23 Å². The standard InChI is InChI=1S/C27H28O/c1-2-21-8-10-23(11-9-21)24-12-14-25(15-13-24)26-16-18-27(19-17-26)28-20-22-6-4-3-5-7-22/h3-7,10,12-19,21H,2,8-9,11,20H2,1H3. The fourth-order valence-electron chi connectivity index (χ4n) is 3.88. The predicted octanol–water partition coefficient (Wildman–Crippen LogP) is 7.53. The molecule has 0 saturated heterocycles. The zero-order valence-corrected chi connectivity index (χ0v) is 16.6. The highest BCUT2D eigenvalue weighted by Gasteiger charge is 2.13. The fourth-order valence-corrected chi connectivity index (χ4v) is 3.88. The molecule has 1 atom stereocenters. The molecule has 1 aliphatic carbocycles. The highest BCUT2D eigenvalue weighted by atomic mass is 16.5. The van der Waals surface area contributed by atoms with E-state index < -0.39 is 0 Å². The van der Waals surface area contributed by atoms with Crippen LogP contribution in [0.4, 0.5) is 0 Å². The van der Waals surface area contributed by atoms with Crippen LogP contribution in [0.5, 0.6) is 5.75 Å². The third kappa shape index (κ3) is 4.54. The summed E-state index contributed by atoms with van der Waals surface area (Å²) in [6.07, 6.45) is 7.52. The molecule has 1 heteroatoms. The van der Waals surface area contributed by atoms with E-state index in [1.54, 1.807) is 0 Å². The van der Waals surface area contributed by atoms with Gasteiger partial charge in [-0.2, -0.15) is 0 Å². The van der Waals surface area contributed by atoms with Gasteiger partial charge in [-0.3, -0.25) is 0 Å². The second-order valence-electron chi connectivity index (χ2n) is 7.65. The van der Waals surface area contributed by atoms with Crippen LogP contribution in [0.3, 0.4) is 0 Å². The first kappa shape index (κ1) is 18.6. The molecule has 0 heterocycles. The van der Waals surface area contributed by atoms with Crippen LogP contribution < -0.4 is 4.74 Å². The van der Waals surface area contributed by atoms with Crippen molar-refractivity contribution in [3.05, 3.63) is 96.1 Å². The minimum absolute atomic E-state index is 0.600. The first-order valence-corrected chi connectivity index (χ1v) is 10.4. The van der Waals surface area contributed by atoms with E-state index in [0.717, 1.165) is 11.7 Å². The minimum atomic E-state index is 0.600. The van der Waals surface area contributed by atoms with E-state index in [4.69, 9.17) is 4.74 Å². The molecule has 0 fully saturated rings. The quantitative estimate of drug-likeness (QED) is 0.437. The Kier molecular flexibility index (Phi) is 5.92. The van der Waals surface area contributed by atoms with Crippen LogP contribution in [0, 0.1) is 5.92 Å². The monoisotopic (exact) mass is 368 g/mol.